The van der Waals surface area contributed by atoms with Crippen molar-refractivity contribution in [2.24, 2.45) is 85.8 Å². The van der Waals surface area contributed by atoms with Gasteiger partial charge in [-0.15, -0.1) is 0 Å². The first-order chi connectivity index (χ1) is 37.3. The van der Waals surface area contributed by atoms with Crippen LogP contribution in [0.4, 0.5) is 0 Å². The van der Waals surface area contributed by atoms with Crippen molar-refractivity contribution in [2.75, 3.05) is 13.7 Å². The van der Waals surface area contributed by atoms with Crippen molar-refractivity contribution in [3.05, 3.63) is 47.5 Å². The molecule has 0 aromatic heterocycles. The van der Waals surface area contributed by atoms with Crippen molar-refractivity contribution in [1.82, 2.24) is 0 Å². The van der Waals surface area contributed by atoms with E-state index in [1.54, 1.807) is 0 Å². The Hall–Kier alpha value is -1.80. The molecule has 24 atom stereocenters. The van der Waals surface area contributed by atoms with E-state index in [1.165, 1.54) is 17.4 Å². The number of Topliss-reactive ketones (excluding diaryl/α,β-unsaturated/α-hetero) is 1. The Labute approximate surface area is 480 Å². The molecule has 1 aromatic carbocycles. The number of ether oxygens (including phenoxy) is 7. The lowest BCUT2D eigenvalue weighted by atomic mass is 9.33. The van der Waals surface area contributed by atoms with Crippen LogP contribution < -0.4 is 0 Å². The smallest absolute Gasteiger partial charge is 0.192 e. The van der Waals surface area contributed by atoms with Crippen LogP contribution in [0.25, 0.3) is 0 Å². The Morgan fingerprint density at radius 1 is 0.696 bits per heavy atom. The van der Waals surface area contributed by atoms with Crippen LogP contribution in [-0.4, -0.2) is 95.7 Å². The number of ketones is 1. The molecule has 8 aliphatic rings. The lowest BCUT2D eigenvalue weighted by Gasteiger charge is -2.72. The maximum Gasteiger partial charge on any atom is 0.192 e. The lowest BCUT2D eigenvalue weighted by molar-refractivity contribution is -0.380. The number of aldehydes is 1. The van der Waals surface area contributed by atoms with Crippen molar-refractivity contribution < 1.29 is 47.2 Å². The van der Waals surface area contributed by atoms with Gasteiger partial charge in [0.25, 0.3) is 0 Å². The van der Waals surface area contributed by atoms with E-state index in [1.807, 2.05) is 14.0 Å². The highest BCUT2D eigenvalue weighted by Crippen LogP contribution is 2.76. The molecule has 0 spiro atoms. The van der Waals surface area contributed by atoms with Gasteiger partial charge in [-0.25, -0.2) is 0 Å². The Balaban J connectivity index is 1.10. The number of benzene rings is 1. The highest BCUT2D eigenvalue weighted by atomic mass is 28.4. The third-order valence-electron chi connectivity index (χ3n) is 25.6. The largest absolute Gasteiger partial charge is 0.408 e. The van der Waals surface area contributed by atoms with E-state index in [0.29, 0.717) is 43.0 Å². The summed E-state index contributed by atoms with van der Waals surface area (Å²) in [6.07, 6.45) is 9.23. The Kier molecular flexibility index (Phi) is 18.2. The second kappa shape index (κ2) is 23.2. The Morgan fingerprint density at radius 2 is 1.35 bits per heavy atom. The fourth-order valence-electron chi connectivity index (χ4n) is 19.1. The molecule has 9 rings (SSSR count). The molecule has 11 heteroatoms. The SMILES string of the molecule is CCC1O[C@@H](OC2[C@H](O[C@H]3CCC4(C)C5CC=C6C7CC(C)(C)CC[C@]7(C(C)=O)C(OC)C[C@@]6(C)[C@@]5(C)CC[C@H]4[C@@]3(C)C=O)OC(Cc3ccccc3)[C@H](C)[C@@H]2O[C@@H]2OC[C@H](C)[C@H](C)C2C)C(O[Si](CC)(CC)CC)[C@@H](C)[C@H]1C. The van der Waals surface area contributed by atoms with Gasteiger partial charge >= 0.3 is 0 Å². The van der Waals surface area contributed by atoms with E-state index in [-0.39, 0.29) is 81.6 Å². The summed E-state index contributed by atoms with van der Waals surface area (Å²) in [6, 6.07) is 13.7. The molecule has 9 unspecified atom stereocenters. The molecule has 1 aromatic rings. The average molecular weight is 1120 g/mol. The Morgan fingerprint density at radius 3 is 1.99 bits per heavy atom. The second-order valence-corrected chi connectivity index (χ2v) is 34.3. The highest BCUT2D eigenvalue weighted by Gasteiger charge is 2.72. The number of rotatable bonds is 17. The van der Waals surface area contributed by atoms with E-state index in [9.17, 15) is 9.59 Å². The zero-order chi connectivity index (χ0) is 57.4. The minimum Gasteiger partial charge on any atom is -0.408 e. The van der Waals surface area contributed by atoms with Gasteiger partial charge in [0.1, 0.15) is 18.2 Å². The van der Waals surface area contributed by atoms with Crippen molar-refractivity contribution in [1.29, 1.82) is 0 Å². The first kappa shape index (κ1) is 61.7. The predicted octanol–water partition coefficient (Wildman–Crippen LogP) is 15.0. The van der Waals surface area contributed by atoms with Crippen LogP contribution in [-0.2, 0) is 53.6 Å². The number of methoxy groups -OCH3 is 1. The van der Waals surface area contributed by atoms with Gasteiger partial charge in [-0.1, -0.05) is 153 Å². The number of hydrogen-bond acceptors (Lipinski definition) is 10. The average Bonchev–Trinajstić information content (AvgIpc) is 3.62. The van der Waals surface area contributed by atoms with E-state index in [0.717, 1.165) is 75.9 Å². The summed E-state index contributed by atoms with van der Waals surface area (Å²) in [5.41, 5.74) is 1.14. The van der Waals surface area contributed by atoms with Crippen molar-refractivity contribution >= 4 is 20.4 Å². The van der Waals surface area contributed by atoms with Gasteiger partial charge < -0.3 is 42.4 Å². The van der Waals surface area contributed by atoms with Crippen LogP contribution in [0.5, 0.6) is 0 Å². The minimum absolute atomic E-state index is 0.0177. The van der Waals surface area contributed by atoms with E-state index in [2.05, 4.69) is 147 Å². The van der Waals surface area contributed by atoms with Gasteiger partial charge in [-0.3, -0.25) is 4.79 Å². The van der Waals surface area contributed by atoms with Crippen LogP contribution in [0, 0.1) is 85.8 Å². The molecular weight excluding hydrogens is 1000 g/mol. The Bertz CT molecular complexity index is 2300. The van der Waals surface area contributed by atoms with Crippen LogP contribution in [0.1, 0.15) is 187 Å². The molecule has 3 saturated heterocycles. The third kappa shape index (κ3) is 10.4. The number of hydrogen-bond donors (Lipinski definition) is 0. The summed E-state index contributed by atoms with van der Waals surface area (Å²) >= 11 is 0. The monoisotopic (exact) mass is 1110 g/mol. The molecule has 7 fully saturated rings. The molecule has 0 N–H and O–H groups in total. The molecule has 5 aliphatic carbocycles. The topological polar surface area (TPSA) is 108 Å². The van der Waals surface area contributed by atoms with Crippen LogP contribution in [0.15, 0.2) is 42.0 Å². The normalized spacial score (nSPS) is 47.9. The molecule has 10 nitrogen and oxygen atoms in total. The number of carbonyl (C=O) groups is 2. The molecule has 446 valence electrons. The molecule has 3 aliphatic heterocycles. The van der Waals surface area contributed by atoms with Gasteiger partial charge in [0.15, 0.2) is 27.2 Å². The zero-order valence-corrected chi connectivity index (χ0v) is 53.7. The van der Waals surface area contributed by atoms with Gasteiger partial charge in [0.05, 0.1) is 54.1 Å². The maximum absolute atomic E-state index is 14.5. The number of carbonyl (C=O) groups excluding carboxylic acids is 2. The third-order valence-corrected chi connectivity index (χ3v) is 30.2. The summed E-state index contributed by atoms with van der Waals surface area (Å²) in [5, 5.41) is 0. The summed E-state index contributed by atoms with van der Waals surface area (Å²) in [6.45, 7) is 40.0. The first-order valence-electron chi connectivity index (χ1n) is 32.1. The van der Waals surface area contributed by atoms with Crippen LogP contribution in [0.3, 0.4) is 0 Å². The molecule has 0 amide bonds. The second-order valence-electron chi connectivity index (χ2n) is 29.6. The van der Waals surface area contributed by atoms with Crippen molar-refractivity contribution in [2.45, 2.75) is 268 Å². The molecular formula is C68H110O10Si. The summed E-state index contributed by atoms with van der Waals surface area (Å²) < 4.78 is 58.5. The van der Waals surface area contributed by atoms with Gasteiger partial charge in [-0.2, -0.15) is 0 Å². The van der Waals surface area contributed by atoms with E-state index >= 15 is 0 Å². The molecule has 4 saturated carbocycles. The minimum atomic E-state index is -2.15. The van der Waals surface area contributed by atoms with Gasteiger partial charge in [-0.05, 0) is 164 Å². The molecule has 0 radical (unpaired) electrons. The standard InChI is InChI=1S/C68H110O10Si/c1-19-51-43(7)44(8)58(78-79(20-2,21-3)22-4)61(73-51)77-59-57(76-60-45(9)42(6)41(5)39-72-60)46(10)52(36-48-26-24-23-25-27-48)74-62(59)75-55-31-32-64(14)53(65(55,15)40-69)30-33-66(16)54(64)29-28-49-50-37-63(12,13)34-35-68(50,47(11)70)56(71-18)38-67(49,66)17/h23-28,40-46,50-62H,19-22,29-39H2,1-18H3/t41-,42-,43+,44-,45?,46-,50?,51?,52?,53+,54?,55-,56?,57-,58?,59?,60-,61-,62-,64?,65+,66-,67+,68+/m0/s1. The molecule has 79 heavy (non-hydrogen) atoms. The summed E-state index contributed by atoms with van der Waals surface area (Å²) in [4.78, 5) is 28.7. The quantitative estimate of drug-likeness (QED) is 0.0648. The van der Waals surface area contributed by atoms with Crippen LogP contribution >= 0.6 is 0 Å². The summed E-state index contributed by atoms with van der Waals surface area (Å²) in [7, 11) is -0.302. The van der Waals surface area contributed by atoms with Crippen molar-refractivity contribution in [3.8, 4) is 0 Å². The van der Waals surface area contributed by atoms with Crippen molar-refractivity contribution in [3.63, 3.8) is 0 Å². The van der Waals surface area contributed by atoms with Crippen LogP contribution in [0.2, 0.25) is 18.1 Å². The predicted molar refractivity (Wildman–Crippen MR) is 315 cm³/mol. The van der Waals surface area contributed by atoms with E-state index < -0.39 is 56.3 Å². The van der Waals surface area contributed by atoms with Gasteiger partial charge in [0.2, 0.25) is 0 Å². The highest BCUT2D eigenvalue weighted by molar-refractivity contribution is 6.73. The number of fused-ring (bicyclic) bond motifs is 7. The zero-order valence-electron chi connectivity index (χ0n) is 52.7. The lowest BCUT2D eigenvalue weighted by Crippen LogP contribution is -2.68. The summed E-state index contributed by atoms with van der Waals surface area (Å²) in [5.74, 6) is 2.11. The number of allylic oxidation sites excluding steroid dienone is 2. The van der Waals surface area contributed by atoms with E-state index in [4.69, 9.17) is 37.6 Å². The fourth-order valence-corrected chi connectivity index (χ4v) is 22.0. The fraction of sp³-hybridized carbons (Fsp3) is 0.853. The maximum atomic E-state index is 14.5. The van der Waals surface area contributed by atoms with Gasteiger partial charge in [0, 0.05) is 18.9 Å². The molecule has 0 bridgehead atoms. The first-order valence-corrected chi connectivity index (χ1v) is 34.7. The molecule has 3 heterocycles.